The van der Waals surface area contributed by atoms with Crippen LogP contribution in [0, 0.1) is 0 Å². The first-order valence-corrected chi connectivity index (χ1v) is 7.75. The minimum atomic E-state index is -4.45. The molecule has 0 fully saturated rings. The third kappa shape index (κ3) is 6.40. The summed E-state index contributed by atoms with van der Waals surface area (Å²) in [7, 11) is 0. The van der Waals surface area contributed by atoms with Gasteiger partial charge in [-0.2, -0.15) is 13.2 Å². The molecular weight excluding hydrogens is 335 g/mol. The van der Waals surface area contributed by atoms with Crippen molar-refractivity contribution in [3.63, 3.8) is 0 Å². The number of alkyl halides is 3. The van der Waals surface area contributed by atoms with Gasteiger partial charge in [0.05, 0.1) is 0 Å². The number of hydrogen-bond donors (Lipinski definition) is 1. The highest BCUT2D eigenvalue weighted by molar-refractivity contribution is 5.92. The molecule has 0 saturated carbocycles. The SMILES string of the molecule is CCC(Cc1ccccc1)NC(=O)c1ccc(OCC(F)(F)F)nn1. The van der Waals surface area contributed by atoms with Crippen molar-refractivity contribution in [2.45, 2.75) is 32.0 Å². The molecule has 0 radical (unpaired) electrons. The zero-order chi connectivity index (χ0) is 18.3. The van der Waals surface area contributed by atoms with Crippen molar-refractivity contribution in [3.05, 3.63) is 53.7 Å². The number of nitrogens with zero attached hydrogens (tertiary/aromatic N) is 2. The van der Waals surface area contributed by atoms with Crippen molar-refractivity contribution in [3.8, 4) is 5.88 Å². The Bertz CT molecular complexity index is 676. The minimum absolute atomic E-state index is 0.0193. The van der Waals surface area contributed by atoms with E-state index in [-0.39, 0.29) is 17.6 Å². The number of aromatic nitrogens is 2. The molecule has 134 valence electrons. The van der Waals surface area contributed by atoms with E-state index in [1.807, 2.05) is 37.3 Å². The molecule has 1 aromatic heterocycles. The summed E-state index contributed by atoms with van der Waals surface area (Å²) in [6.45, 7) is 0.496. The summed E-state index contributed by atoms with van der Waals surface area (Å²) in [6, 6.07) is 12.1. The van der Waals surface area contributed by atoms with Gasteiger partial charge in [0, 0.05) is 12.1 Å². The molecule has 1 aromatic carbocycles. The number of carbonyl (C=O) groups excluding carboxylic acids is 1. The molecule has 2 aromatic rings. The summed E-state index contributed by atoms with van der Waals surface area (Å²) < 4.78 is 40.7. The van der Waals surface area contributed by atoms with Gasteiger partial charge in [-0.3, -0.25) is 4.79 Å². The summed E-state index contributed by atoms with van der Waals surface area (Å²) in [5.41, 5.74) is 1.11. The van der Waals surface area contributed by atoms with Crippen LogP contribution in [0.1, 0.15) is 29.4 Å². The minimum Gasteiger partial charge on any atom is -0.467 e. The van der Waals surface area contributed by atoms with Crippen LogP contribution in [0.5, 0.6) is 5.88 Å². The zero-order valence-corrected chi connectivity index (χ0v) is 13.6. The van der Waals surface area contributed by atoms with Gasteiger partial charge in [0.25, 0.3) is 5.91 Å². The first-order valence-electron chi connectivity index (χ1n) is 7.75. The Morgan fingerprint density at radius 3 is 2.44 bits per heavy atom. The van der Waals surface area contributed by atoms with Crippen LogP contribution in [0.25, 0.3) is 0 Å². The highest BCUT2D eigenvalue weighted by Gasteiger charge is 2.28. The van der Waals surface area contributed by atoms with Crippen LogP contribution in [0.2, 0.25) is 0 Å². The van der Waals surface area contributed by atoms with Gasteiger partial charge in [0.1, 0.15) is 0 Å². The van der Waals surface area contributed by atoms with E-state index in [0.29, 0.717) is 6.42 Å². The maximum atomic E-state index is 12.2. The normalized spacial score (nSPS) is 12.5. The van der Waals surface area contributed by atoms with Crippen molar-refractivity contribution in [1.29, 1.82) is 0 Å². The molecule has 8 heteroatoms. The van der Waals surface area contributed by atoms with E-state index in [2.05, 4.69) is 20.3 Å². The van der Waals surface area contributed by atoms with Crippen molar-refractivity contribution < 1.29 is 22.7 Å². The first-order chi connectivity index (χ1) is 11.9. The Labute approximate surface area is 143 Å². The summed E-state index contributed by atoms with van der Waals surface area (Å²) in [6.07, 6.45) is -3.06. The van der Waals surface area contributed by atoms with Gasteiger partial charge in [-0.15, -0.1) is 10.2 Å². The molecule has 0 aliphatic carbocycles. The molecule has 0 spiro atoms. The van der Waals surface area contributed by atoms with Crippen LogP contribution in [-0.2, 0) is 6.42 Å². The van der Waals surface area contributed by atoms with Crippen LogP contribution < -0.4 is 10.1 Å². The second kappa shape index (κ2) is 8.46. The van der Waals surface area contributed by atoms with E-state index in [1.54, 1.807) is 0 Å². The van der Waals surface area contributed by atoms with Crippen molar-refractivity contribution in [1.82, 2.24) is 15.5 Å². The maximum absolute atomic E-state index is 12.2. The second-order valence-electron chi connectivity index (χ2n) is 5.43. The van der Waals surface area contributed by atoms with Crippen molar-refractivity contribution in [2.75, 3.05) is 6.61 Å². The molecule has 0 bridgehead atoms. The van der Waals surface area contributed by atoms with Gasteiger partial charge in [-0.25, -0.2) is 0 Å². The van der Waals surface area contributed by atoms with E-state index < -0.39 is 18.7 Å². The van der Waals surface area contributed by atoms with Crippen LogP contribution >= 0.6 is 0 Å². The fourth-order valence-corrected chi connectivity index (χ4v) is 2.13. The van der Waals surface area contributed by atoms with Crippen LogP contribution in [0.3, 0.4) is 0 Å². The van der Waals surface area contributed by atoms with Gasteiger partial charge in [-0.1, -0.05) is 37.3 Å². The van der Waals surface area contributed by atoms with Crippen molar-refractivity contribution in [2.24, 2.45) is 0 Å². The molecule has 1 amide bonds. The van der Waals surface area contributed by atoms with Gasteiger partial charge in [-0.05, 0) is 24.5 Å². The lowest BCUT2D eigenvalue weighted by Gasteiger charge is -2.16. The summed E-state index contributed by atoms with van der Waals surface area (Å²) in [5, 5.41) is 9.95. The highest BCUT2D eigenvalue weighted by atomic mass is 19.4. The van der Waals surface area contributed by atoms with Gasteiger partial charge < -0.3 is 10.1 Å². The molecule has 0 aliphatic rings. The quantitative estimate of drug-likeness (QED) is 0.830. The number of ether oxygens (including phenoxy) is 1. The number of carbonyl (C=O) groups is 1. The molecule has 5 nitrogen and oxygen atoms in total. The average Bonchev–Trinajstić information content (AvgIpc) is 2.60. The highest BCUT2D eigenvalue weighted by Crippen LogP contribution is 2.16. The third-order valence-corrected chi connectivity index (χ3v) is 3.41. The number of nitrogens with one attached hydrogen (secondary N) is 1. The largest absolute Gasteiger partial charge is 0.467 e. The molecule has 2 rings (SSSR count). The van der Waals surface area contributed by atoms with E-state index in [0.717, 1.165) is 12.0 Å². The third-order valence-electron chi connectivity index (χ3n) is 3.41. The Balaban J connectivity index is 1.92. The van der Waals surface area contributed by atoms with Crippen molar-refractivity contribution >= 4 is 5.91 Å². The monoisotopic (exact) mass is 353 g/mol. The second-order valence-corrected chi connectivity index (χ2v) is 5.43. The standard InChI is InChI=1S/C17H18F3N3O2/c1-2-13(10-12-6-4-3-5-7-12)21-16(24)14-8-9-15(23-22-14)25-11-17(18,19)20/h3-9,13H,2,10-11H2,1H3,(H,21,24). The topological polar surface area (TPSA) is 64.1 Å². The number of hydrogen-bond acceptors (Lipinski definition) is 4. The number of benzene rings is 1. The maximum Gasteiger partial charge on any atom is 0.422 e. The number of halogens is 3. The van der Waals surface area contributed by atoms with Crippen LogP contribution in [0.4, 0.5) is 13.2 Å². The van der Waals surface area contributed by atoms with Gasteiger partial charge >= 0.3 is 6.18 Å². The smallest absolute Gasteiger partial charge is 0.422 e. The van der Waals surface area contributed by atoms with Gasteiger partial charge in [0.15, 0.2) is 12.3 Å². The van der Waals surface area contributed by atoms with E-state index >= 15 is 0 Å². The molecule has 0 saturated heterocycles. The molecule has 25 heavy (non-hydrogen) atoms. The Hall–Kier alpha value is -2.64. The fraction of sp³-hybridized carbons (Fsp3) is 0.353. The molecule has 0 aliphatic heterocycles. The van der Waals surface area contributed by atoms with E-state index in [4.69, 9.17) is 0 Å². The number of rotatable bonds is 7. The average molecular weight is 353 g/mol. The Morgan fingerprint density at radius 1 is 1.16 bits per heavy atom. The molecule has 1 atom stereocenters. The predicted molar refractivity (Wildman–Crippen MR) is 85.3 cm³/mol. The lowest BCUT2D eigenvalue weighted by molar-refractivity contribution is -0.154. The fourth-order valence-electron chi connectivity index (χ4n) is 2.13. The lowest BCUT2D eigenvalue weighted by atomic mass is 10.0. The molecular formula is C17H18F3N3O2. The first kappa shape index (κ1) is 18.7. The lowest BCUT2D eigenvalue weighted by Crippen LogP contribution is -2.36. The van der Waals surface area contributed by atoms with E-state index in [9.17, 15) is 18.0 Å². The van der Waals surface area contributed by atoms with Gasteiger partial charge in [0.2, 0.25) is 5.88 Å². The predicted octanol–water partition coefficient (Wildman–Crippen LogP) is 3.17. The summed E-state index contributed by atoms with van der Waals surface area (Å²) >= 11 is 0. The van der Waals surface area contributed by atoms with E-state index in [1.165, 1.54) is 12.1 Å². The molecule has 1 heterocycles. The molecule has 1 unspecified atom stereocenters. The van der Waals surface area contributed by atoms with Crippen LogP contribution in [0.15, 0.2) is 42.5 Å². The zero-order valence-electron chi connectivity index (χ0n) is 13.6. The molecule has 1 N–H and O–H groups in total. The Kier molecular flexibility index (Phi) is 6.32. The summed E-state index contributed by atoms with van der Waals surface area (Å²) in [4.78, 5) is 12.2. The number of amides is 1. The summed E-state index contributed by atoms with van der Waals surface area (Å²) in [5.74, 6) is -0.720. The van der Waals surface area contributed by atoms with Crippen LogP contribution in [-0.4, -0.2) is 34.9 Å². The Morgan fingerprint density at radius 2 is 1.88 bits per heavy atom.